The van der Waals surface area contributed by atoms with Gasteiger partial charge in [-0.1, -0.05) is 37.6 Å². The maximum absolute atomic E-state index is 12.6. The third-order valence-electron chi connectivity index (χ3n) is 3.92. The molecule has 0 fully saturated rings. The molecule has 1 heterocycles. The van der Waals surface area contributed by atoms with E-state index in [-0.39, 0.29) is 11.3 Å². The van der Waals surface area contributed by atoms with Crippen molar-refractivity contribution in [2.75, 3.05) is 0 Å². The van der Waals surface area contributed by atoms with E-state index in [1.807, 2.05) is 30.3 Å². The molecule has 0 saturated heterocycles. The van der Waals surface area contributed by atoms with Gasteiger partial charge in [0.2, 0.25) is 0 Å². The number of para-hydroxylation sites is 1. The summed E-state index contributed by atoms with van der Waals surface area (Å²) in [6, 6.07) is 16.3. The lowest BCUT2D eigenvalue weighted by Gasteiger charge is -2.14. The Bertz CT molecular complexity index is 912. The van der Waals surface area contributed by atoms with Crippen molar-refractivity contribution < 1.29 is 5.11 Å². The molecular formula is C20H20N2O2. The molecule has 122 valence electrons. The van der Waals surface area contributed by atoms with Crippen molar-refractivity contribution in [2.45, 2.75) is 26.7 Å². The predicted molar refractivity (Wildman–Crippen MR) is 95.7 cm³/mol. The van der Waals surface area contributed by atoms with Crippen molar-refractivity contribution in [3.63, 3.8) is 0 Å². The van der Waals surface area contributed by atoms with Crippen LogP contribution in [0, 0.1) is 6.92 Å². The molecule has 0 spiro atoms. The van der Waals surface area contributed by atoms with Crippen LogP contribution in [-0.2, 0) is 6.42 Å². The zero-order valence-electron chi connectivity index (χ0n) is 13.9. The summed E-state index contributed by atoms with van der Waals surface area (Å²) in [5, 5.41) is 10.2. The number of benzene rings is 2. The molecule has 0 aliphatic rings. The molecule has 0 radical (unpaired) electrons. The van der Waals surface area contributed by atoms with Crippen molar-refractivity contribution in [1.29, 1.82) is 0 Å². The van der Waals surface area contributed by atoms with Crippen LogP contribution in [0.3, 0.4) is 0 Å². The average Bonchev–Trinajstić information content (AvgIpc) is 2.56. The van der Waals surface area contributed by atoms with Gasteiger partial charge < -0.3 is 5.11 Å². The number of aryl methyl sites for hydroxylation is 2. The second kappa shape index (κ2) is 6.71. The monoisotopic (exact) mass is 320 g/mol. The minimum Gasteiger partial charge on any atom is -0.507 e. The Labute approximate surface area is 141 Å². The molecule has 0 amide bonds. The lowest BCUT2D eigenvalue weighted by molar-refractivity contribution is 0.476. The van der Waals surface area contributed by atoms with Crippen LogP contribution in [0.1, 0.15) is 24.6 Å². The standard InChI is InChI=1S/C20H20N2O2/c1-3-6-15-9-11-16(12-10-15)22-19(24)13-14(2)21-20(22)17-7-4-5-8-18(17)23/h4-5,7-13,23H,3,6H2,1-2H3. The molecule has 0 aliphatic carbocycles. The summed E-state index contributed by atoms with van der Waals surface area (Å²) < 4.78 is 1.54. The van der Waals surface area contributed by atoms with Crippen LogP contribution >= 0.6 is 0 Å². The Morgan fingerprint density at radius 2 is 1.79 bits per heavy atom. The highest BCUT2D eigenvalue weighted by molar-refractivity contribution is 5.65. The van der Waals surface area contributed by atoms with Gasteiger partial charge in [0.1, 0.15) is 5.75 Å². The molecule has 0 saturated carbocycles. The van der Waals surface area contributed by atoms with E-state index >= 15 is 0 Å². The van der Waals surface area contributed by atoms with Gasteiger partial charge in [-0.3, -0.25) is 9.36 Å². The zero-order valence-corrected chi connectivity index (χ0v) is 13.9. The highest BCUT2D eigenvalue weighted by Crippen LogP contribution is 2.28. The van der Waals surface area contributed by atoms with Crippen molar-refractivity contribution >= 4 is 0 Å². The van der Waals surface area contributed by atoms with Crippen molar-refractivity contribution in [3.8, 4) is 22.8 Å². The molecule has 1 N–H and O–H groups in total. The number of phenolic OH excluding ortho intramolecular Hbond substituents is 1. The molecule has 4 heteroatoms. The molecule has 0 atom stereocenters. The van der Waals surface area contributed by atoms with Gasteiger partial charge in [-0.15, -0.1) is 0 Å². The topological polar surface area (TPSA) is 55.1 Å². The summed E-state index contributed by atoms with van der Waals surface area (Å²) in [6.07, 6.45) is 2.09. The minimum absolute atomic E-state index is 0.103. The maximum atomic E-state index is 12.6. The third-order valence-corrected chi connectivity index (χ3v) is 3.92. The van der Waals surface area contributed by atoms with Crippen LogP contribution in [0.25, 0.3) is 17.1 Å². The number of rotatable bonds is 4. The van der Waals surface area contributed by atoms with Gasteiger partial charge in [0.15, 0.2) is 5.82 Å². The van der Waals surface area contributed by atoms with Crippen LogP contribution in [0.15, 0.2) is 59.4 Å². The number of nitrogens with zero attached hydrogens (tertiary/aromatic N) is 2. The number of hydrogen-bond acceptors (Lipinski definition) is 3. The number of aromatic nitrogens is 2. The van der Waals surface area contributed by atoms with Crippen molar-refractivity contribution in [2.24, 2.45) is 0 Å². The molecule has 1 aromatic heterocycles. The fourth-order valence-electron chi connectivity index (χ4n) is 2.79. The lowest BCUT2D eigenvalue weighted by atomic mass is 10.1. The Morgan fingerprint density at radius 1 is 1.08 bits per heavy atom. The van der Waals surface area contributed by atoms with Gasteiger partial charge in [-0.2, -0.15) is 0 Å². The van der Waals surface area contributed by atoms with Gasteiger partial charge in [-0.25, -0.2) is 4.98 Å². The molecule has 4 nitrogen and oxygen atoms in total. The summed E-state index contributed by atoms with van der Waals surface area (Å²) >= 11 is 0. The fourth-order valence-corrected chi connectivity index (χ4v) is 2.79. The van der Waals surface area contributed by atoms with E-state index in [2.05, 4.69) is 11.9 Å². The smallest absolute Gasteiger partial charge is 0.258 e. The first-order chi connectivity index (χ1) is 11.6. The summed E-state index contributed by atoms with van der Waals surface area (Å²) in [5.74, 6) is 0.549. The largest absolute Gasteiger partial charge is 0.507 e. The maximum Gasteiger partial charge on any atom is 0.258 e. The molecule has 2 aromatic carbocycles. The van der Waals surface area contributed by atoms with Gasteiger partial charge in [0.25, 0.3) is 5.56 Å². The molecular weight excluding hydrogens is 300 g/mol. The van der Waals surface area contributed by atoms with Crippen LogP contribution in [-0.4, -0.2) is 14.7 Å². The van der Waals surface area contributed by atoms with E-state index in [9.17, 15) is 9.90 Å². The van der Waals surface area contributed by atoms with Gasteiger partial charge in [0.05, 0.1) is 11.3 Å². The first kappa shape index (κ1) is 16.0. The molecule has 3 aromatic rings. The van der Waals surface area contributed by atoms with Crippen molar-refractivity contribution in [3.05, 3.63) is 76.2 Å². The molecule has 0 bridgehead atoms. The average molecular weight is 320 g/mol. The molecule has 0 unspecified atom stereocenters. The van der Waals surface area contributed by atoms with E-state index in [1.54, 1.807) is 25.1 Å². The first-order valence-corrected chi connectivity index (χ1v) is 8.08. The van der Waals surface area contributed by atoms with Crippen LogP contribution in [0.2, 0.25) is 0 Å². The van der Waals surface area contributed by atoms with E-state index in [0.29, 0.717) is 17.1 Å². The summed E-state index contributed by atoms with van der Waals surface area (Å²) in [6.45, 7) is 3.91. The van der Waals surface area contributed by atoms with Crippen LogP contribution < -0.4 is 5.56 Å². The summed E-state index contributed by atoms with van der Waals surface area (Å²) in [5.41, 5.74) is 2.97. The van der Waals surface area contributed by atoms with E-state index in [0.717, 1.165) is 18.5 Å². The second-order valence-corrected chi connectivity index (χ2v) is 5.83. The van der Waals surface area contributed by atoms with Gasteiger partial charge in [-0.05, 0) is 43.2 Å². The Hall–Kier alpha value is -2.88. The second-order valence-electron chi connectivity index (χ2n) is 5.83. The fraction of sp³-hybridized carbons (Fsp3) is 0.200. The third kappa shape index (κ3) is 3.08. The van der Waals surface area contributed by atoms with Crippen LogP contribution in [0.5, 0.6) is 5.75 Å². The normalized spacial score (nSPS) is 10.8. The quantitative estimate of drug-likeness (QED) is 0.794. The summed E-state index contributed by atoms with van der Waals surface area (Å²) in [7, 11) is 0. The number of phenols is 1. The Kier molecular flexibility index (Phi) is 4.47. The highest BCUT2D eigenvalue weighted by atomic mass is 16.3. The molecule has 24 heavy (non-hydrogen) atoms. The van der Waals surface area contributed by atoms with Crippen molar-refractivity contribution in [1.82, 2.24) is 9.55 Å². The minimum atomic E-state index is -0.163. The Balaban J connectivity index is 2.21. The SMILES string of the molecule is CCCc1ccc(-n2c(-c3ccccc3O)nc(C)cc2=O)cc1. The van der Waals surface area contributed by atoms with E-state index in [4.69, 9.17) is 0 Å². The van der Waals surface area contributed by atoms with Gasteiger partial charge in [0, 0.05) is 11.8 Å². The zero-order chi connectivity index (χ0) is 17.1. The molecule has 3 rings (SSSR count). The number of hydrogen-bond donors (Lipinski definition) is 1. The Morgan fingerprint density at radius 3 is 2.46 bits per heavy atom. The lowest BCUT2D eigenvalue weighted by Crippen LogP contribution is -2.21. The first-order valence-electron chi connectivity index (χ1n) is 8.08. The molecule has 0 aliphatic heterocycles. The van der Waals surface area contributed by atoms with E-state index in [1.165, 1.54) is 16.2 Å². The van der Waals surface area contributed by atoms with E-state index < -0.39 is 0 Å². The predicted octanol–water partition coefficient (Wildman–Crippen LogP) is 3.87. The highest BCUT2D eigenvalue weighted by Gasteiger charge is 2.14. The van der Waals surface area contributed by atoms with Gasteiger partial charge >= 0.3 is 0 Å². The van der Waals surface area contributed by atoms with Crippen LogP contribution in [0.4, 0.5) is 0 Å². The number of aromatic hydroxyl groups is 1. The summed E-state index contributed by atoms with van der Waals surface area (Å²) in [4.78, 5) is 17.1.